The van der Waals surface area contributed by atoms with Crippen LogP contribution in [0, 0.1) is 6.92 Å². The molecule has 0 radical (unpaired) electrons. The number of carbonyl (C=O) groups excluding carboxylic acids is 1. The highest BCUT2D eigenvalue weighted by molar-refractivity contribution is 7.13. The van der Waals surface area contributed by atoms with Crippen molar-refractivity contribution in [3.8, 4) is 10.6 Å². The summed E-state index contributed by atoms with van der Waals surface area (Å²) in [7, 11) is 0. The van der Waals surface area contributed by atoms with Gasteiger partial charge in [0.15, 0.2) is 0 Å². The molecule has 1 saturated heterocycles. The number of hydrogen-bond donors (Lipinski definition) is 1. The molecule has 1 aliphatic heterocycles. The van der Waals surface area contributed by atoms with Crippen LogP contribution in [0.1, 0.15) is 28.8 Å². The molecule has 1 fully saturated rings. The van der Waals surface area contributed by atoms with Crippen molar-refractivity contribution >= 4 is 46.4 Å². The van der Waals surface area contributed by atoms with Crippen LogP contribution in [0.5, 0.6) is 0 Å². The van der Waals surface area contributed by atoms with Gasteiger partial charge in [-0.1, -0.05) is 29.3 Å². The highest BCUT2D eigenvalue weighted by Crippen LogP contribution is 2.28. The molecule has 1 aliphatic rings. The van der Waals surface area contributed by atoms with Gasteiger partial charge in [0, 0.05) is 25.3 Å². The van der Waals surface area contributed by atoms with Crippen LogP contribution in [0.3, 0.4) is 0 Å². The van der Waals surface area contributed by atoms with Crippen LogP contribution in [0.25, 0.3) is 10.6 Å². The van der Waals surface area contributed by atoms with E-state index in [0.717, 1.165) is 23.4 Å². The highest BCUT2D eigenvalue weighted by Gasteiger charge is 2.26. The van der Waals surface area contributed by atoms with E-state index in [2.05, 4.69) is 33.7 Å². The third-order valence-electron chi connectivity index (χ3n) is 4.93. The van der Waals surface area contributed by atoms with Crippen molar-refractivity contribution in [2.45, 2.75) is 25.8 Å². The van der Waals surface area contributed by atoms with Crippen LogP contribution in [-0.2, 0) is 0 Å². The highest BCUT2D eigenvalue weighted by atomic mass is 35.5. The van der Waals surface area contributed by atoms with Crippen molar-refractivity contribution in [3.05, 3.63) is 63.1 Å². The summed E-state index contributed by atoms with van der Waals surface area (Å²) in [5.41, 5.74) is 2.53. The van der Waals surface area contributed by atoms with E-state index in [1.807, 2.05) is 6.07 Å². The quantitative estimate of drug-likeness (QED) is 0.571. The standard InChI is InChI=1S/C21H20Cl2N4OS/c1-13-11-18(29-12-13)17-5-8-24-21(26-17)25-14-6-9-27(10-7-14)20(28)19-15(22)3-2-4-16(19)23/h2-5,8,11-12,14H,6-7,9-10H2,1H3,(H,24,25,26). The first-order chi connectivity index (χ1) is 14.0. The third-order valence-corrected chi connectivity index (χ3v) is 6.63. The first-order valence-electron chi connectivity index (χ1n) is 9.39. The number of rotatable bonds is 4. The number of anilines is 1. The molecule has 0 spiro atoms. The van der Waals surface area contributed by atoms with Crippen molar-refractivity contribution in [2.75, 3.05) is 18.4 Å². The van der Waals surface area contributed by atoms with Gasteiger partial charge in [0.2, 0.25) is 5.95 Å². The van der Waals surface area contributed by atoms with Gasteiger partial charge < -0.3 is 10.2 Å². The summed E-state index contributed by atoms with van der Waals surface area (Å²) < 4.78 is 0. The largest absolute Gasteiger partial charge is 0.351 e. The van der Waals surface area contributed by atoms with E-state index in [1.165, 1.54) is 5.56 Å². The molecule has 0 aliphatic carbocycles. The molecule has 0 unspecified atom stereocenters. The van der Waals surface area contributed by atoms with Gasteiger partial charge in [-0.05, 0) is 55.0 Å². The summed E-state index contributed by atoms with van der Waals surface area (Å²) in [6.07, 6.45) is 3.39. The van der Waals surface area contributed by atoms with Crippen molar-refractivity contribution < 1.29 is 4.79 Å². The number of aryl methyl sites for hydroxylation is 1. The Kier molecular flexibility index (Phi) is 6.04. The van der Waals surface area contributed by atoms with E-state index in [9.17, 15) is 4.79 Å². The number of carbonyl (C=O) groups is 1. The SMILES string of the molecule is Cc1csc(-c2ccnc(NC3CCN(C(=O)c4c(Cl)cccc4Cl)CC3)n2)c1. The number of halogens is 2. The Morgan fingerprint density at radius 3 is 2.59 bits per heavy atom. The Bertz CT molecular complexity index is 1010. The number of thiophene rings is 1. The summed E-state index contributed by atoms with van der Waals surface area (Å²) in [4.78, 5) is 24.8. The molecule has 0 saturated carbocycles. The Balaban J connectivity index is 1.39. The first kappa shape index (κ1) is 20.1. The predicted molar refractivity (Wildman–Crippen MR) is 119 cm³/mol. The zero-order chi connectivity index (χ0) is 20.4. The van der Waals surface area contributed by atoms with Gasteiger partial charge >= 0.3 is 0 Å². The monoisotopic (exact) mass is 446 g/mol. The first-order valence-corrected chi connectivity index (χ1v) is 11.0. The third kappa shape index (κ3) is 4.55. The van der Waals surface area contributed by atoms with Gasteiger partial charge in [-0.3, -0.25) is 4.79 Å². The molecule has 0 bridgehead atoms. The molecule has 1 amide bonds. The molecule has 5 nitrogen and oxygen atoms in total. The van der Waals surface area contributed by atoms with E-state index in [4.69, 9.17) is 23.2 Å². The molecule has 0 atom stereocenters. The molecule has 8 heteroatoms. The second-order valence-electron chi connectivity index (χ2n) is 7.06. The van der Waals surface area contributed by atoms with Crippen molar-refractivity contribution in [1.29, 1.82) is 0 Å². The summed E-state index contributed by atoms with van der Waals surface area (Å²) >= 11 is 14.1. The van der Waals surface area contributed by atoms with E-state index >= 15 is 0 Å². The second kappa shape index (κ2) is 8.69. The number of amides is 1. The van der Waals surface area contributed by atoms with Crippen LogP contribution in [0.15, 0.2) is 41.9 Å². The lowest BCUT2D eigenvalue weighted by molar-refractivity contribution is 0.0719. The zero-order valence-electron chi connectivity index (χ0n) is 15.9. The van der Waals surface area contributed by atoms with Crippen LogP contribution >= 0.6 is 34.5 Å². The minimum absolute atomic E-state index is 0.120. The summed E-state index contributed by atoms with van der Waals surface area (Å²) in [5, 5.41) is 6.30. The fourth-order valence-corrected chi connectivity index (χ4v) is 4.83. The Morgan fingerprint density at radius 2 is 1.93 bits per heavy atom. The summed E-state index contributed by atoms with van der Waals surface area (Å²) in [6.45, 7) is 3.33. The maximum absolute atomic E-state index is 12.8. The molecule has 3 heterocycles. The summed E-state index contributed by atoms with van der Waals surface area (Å²) in [5.74, 6) is 0.498. The number of nitrogens with zero attached hydrogens (tertiary/aromatic N) is 3. The smallest absolute Gasteiger partial charge is 0.256 e. The molecular weight excluding hydrogens is 427 g/mol. The average molecular weight is 447 g/mol. The molecular formula is C21H20Cl2N4OS. The van der Waals surface area contributed by atoms with Gasteiger partial charge in [-0.15, -0.1) is 11.3 Å². The lowest BCUT2D eigenvalue weighted by atomic mass is 10.0. The van der Waals surface area contributed by atoms with Gasteiger partial charge in [-0.25, -0.2) is 9.97 Å². The Labute approximate surface area is 183 Å². The average Bonchev–Trinajstić information content (AvgIpc) is 3.15. The second-order valence-corrected chi connectivity index (χ2v) is 8.79. The number of hydrogen-bond acceptors (Lipinski definition) is 5. The minimum atomic E-state index is -0.120. The fourth-order valence-electron chi connectivity index (χ4n) is 3.40. The molecule has 2 aromatic heterocycles. The van der Waals surface area contributed by atoms with E-state index in [-0.39, 0.29) is 11.9 Å². The van der Waals surface area contributed by atoms with Crippen LogP contribution in [0.4, 0.5) is 5.95 Å². The van der Waals surface area contributed by atoms with Gasteiger partial charge in [0.05, 0.1) is 26.2 Å². The molecule has 3 aromatic rings. The number of aromatic nitrogens is 2. The molecule has 1 N–H and O–H groups in total. The maximum atomic E-state index is 12.8. The van der Waals surface area contributed by atoms with Crippen molar-refractivity contribution in [2.24, 2.45) is 0 Å². The van der Waals surface area contributed by atoms with Gasteiger partial charge in [0.1, 0.15) is 0 Å². The van der Waals surface area contributed by atoms with E-state index in [1.54, 1.807) is 40.6 Å². The van der Waals surface area contributed by atoms with E-state index in [0.29, 0.717) is 34.6 Å². The summed E-state index contributed by atoms with van der Waals surface area (Å²) in [6, 6.07) is 9.37. The number of nitrogens with one attached hydrogen (secondary N) is 1. The van der Waals surface area contributed by atoms with Gasteiger partial charge in [-0.2, -0.15) is 0 Å². The number of benzene rings is 1. The van der Waals surface area contributed by atoms with Gasteiger partial charge in [0.25, 0.3) is 5.91 Å². The van der Waals surface area contributed by atoms with Crippen molar-refractivity contribution in [1.82, 2.24) is 14.9 Å². The van der Waals surface area contributed by atoms with Crippen molar-refractivity contribution in [3.63, 3.8) is 0 Å². The number of likely N-dealkylation sites (tertiary alicyclic amines) is 1. The Morgan fingerprint density at radius 1 is 1.21 bits per heavy atom. The van der Waals surface area contributed by atoms with E-state index < -0.39 is 0 Å². The fraction of sp³-hybridized carbons (Fsp3) is 0.286. The van der Waals surface area contributed by atoms with Crippen LogP contribution in [-0.4, -0.2) is 39.9 Å². The molecule has 1 aromatic carbocycles. The maximum Gasteiger partial charge on any atom is 0.256 e. The lowest BCUT2D eigenvalue weighted by Crippen LogP contribution is -2.42. The number of piperidine rings is 1. The normalized spacial score (nSPS) is 14.8. The molecule has 29 heavy (non-hydrogen) atoms. The zero-order valence-corrected chi connectivity index (χ0v) is 18.2. The lowest BCUT2D eigenvalue weighted by Gasteiger charge is -2.32. The van der Waals surface area contributed by atoms with Crippen LogP contribution in [0.2, 0.25) is 10.0 Å². The molecule has 4 rings (SSSR count). The van der Waals surface area contributed by atoms with Crippen LogP contribution < -0.4 is 5.32 Å². The predicted octanol–water partition coefficient (Wildman–Crippen LogP) is 5.54. The Hall–Kier alpha value is -2.15. The molecule has 150 valence electrons. The topological polar surface area (TPSA) is 58.1 Å². The minimum Gasteiger partial charge on any atom is -0.351 e.